The Hall–Kier alpha value is -2.87. The number of halogens is 2. The molecule has 7 nitrogen and oxygen atoms in total. The fourth-order valence-electron chi connectivity index (χ4n) is 2.08. The number of hydrogen-bond acceptors (Lipinski definition) is 5. The molecule has 3 aromatic rings. The van der Waals surface area contributed by atoms with Crippen LogP contribution in [-0.4, -0.2) is 30.9 Å². The molecule has 2 aromatic heterocycles. The second kappa shape index (κ2) is 7.35. The topological polar surface area (TPSA) is 85.6 Å². The van der Waals surface area contributed by atoms with Crippen LogP contribution in [0.5, 0.6) is 0 Å². The third-order valence-corrected chi connectivity index (χ3v) is 3.74. The molecule has 0 aliphatic carbocycles. The summed E-state index contributed by atoms with van der Waals surface area (Å²) in [5.41, 5.74) is 2.29. The number of carbonyl (C=O) groups is 1. The lowest BCUT2D eigenvalue weighted by Gasteiger charge is -2.04. The van der Waals surface area contributed by atoms with E-state index in [9.17, 15) is 9.18 Å². The molecule has 2 heterocycles. The Morgan fingerprint density at radius 2 is 2.16 bits per heavy atom. The van der Waals surface area contributed by atoms with Gasteiger partial charge in [-0.25, -0.2) is 9.07 Å². The summed E-state index contributed by atoms with van der Waals surface area (Å²) in [6.45, 7) is 2.35. The highest BCUT2D eigenvalue weighted by molar-refractivity contribution is 6.31. The maximum absolute atomic E-state index is 13.1. The van der Waals surface area contributed by atoms with Crippen molar-refractivity contribution in [3.63, 3.8) is 0 Å². The van der Waals surface area contributed by atoms with Gasteiger partial charge in [0.05, 0.1) is 36.9 Å². The van der Waals surface area contributed by atoms with Crippen molar-refractivity contribution in [3.05, 3.63) is 70.3 Å². The van der Waals surface area contributed by atoms with Crippen LogP contribution in [0.3, 0.4) is 0 Å². The van der Waals surface area contributed by atoms with Gasteiger partial charge in [0.1, 0.15) is 5.82 Å². The van der Waals surface area contributed by atoms with Crippen molar-refractivity contribution in [1.29, 1.82) is 0 Å². The standard InChI is InChI=1S/C16H14ClFN6O/c1-10-5-20-13(6-19-10)7-21-16(25)15-9-24(23-22-15)8-11-2-3-12(18)4-14(11)17/h2-6,9H,7-8H2,1H3,(H,21,25). The van der Waals surface area contributed by atoms with E-state index in [0.29, 0.717) is 16.3 Å². The molecule has 9 heteroatoms. The third kappa shape index (κ3) is 4.36. The third-order valence-electron chi connectivity index (χ3n) is 3.38. The van der Waals surface area contributed by atoms with Crippen LogP contribution in [0.1, 0.15) is 27.4 Å². The highest BCUT2D eigenvalue weighted by Gasteiger charge is 2.12. The highest BCUT2D eigenvalue weighted by atomic mass is 35.5. The molecule has 25 heavy (non-hydrogen) atoms. The molecule has 1 aromatic carbocycles. The average Bonchev–Trinajstić information content (AvgIpc) is 3.05. The van der Waals surface area contributed by atoms with Crippen LogP contribution in [0.2, 0.25) is 5.02 Å². The lowest BCUT2D eigenvalue weighted by atomic mass is 10.2. The first-order valence-corrected chi connectivity index (χ1v) is 7.79. The minimum absolute atomic E-state index is 0.165. The summed E-state index contributed by atoms with van der Waals surface area (Å²) in [4.78, 5) is 20.4. The lowest BCUT2D eigenvalue weighted by Crippen LogP contribution is -2.23. The van der Waals surface area contributed by atoms with Gasteiger partial charge in [-0.1, -0.05) is 22.9 Å². The van der Waals surface area contributed by atoms with E-state index in [4.69, 9.17) is 11.6 Å². The zero-order valence-corrected chi connectivity index (χ0v) is 14.0. The molecule has 0 aliphatic heterocycles. The molecule has 128 valence electrons. The molecule has 3 rings (SSSR count). The number of carbonyl (C=O) groups excluding carboxylic acids is 1. The van der Waals surface area contributed by atoms with E-state index >= 15 is 0 Å². The largest absolute Gasteiger partial charge is 0.345 e. The Bertz CT molecular complexity index is 896. The summed E-state index contributed by atoms with van der Waals surface area (Å²) in [6.07, 6.45) is 4.73. The van der Waals surface area contributed by atoms with Gasteiger partial charge < -0.3 is 5.32 Å². The van der Waals surface area contributed by atoms with Crippen molar-refractivity contribution >= 4 is 17.5 Å². The Balaban J connectivity index is 1.62. The van der Waals surface area contributed by atoms with Gasteiger partial charge in [-0.05, 0) is 24.6 Å². The molecule has 0 radical (unpaired) electrons. The van der Waals surface area contributed by atoms with Crippen molar-refractivity contribution in [2.75, 3.05) is 0 Å². The van der Waals surface area contributed by atoms with Gasteiger partial charge in [0.2, 0.25) is 0 Å². The minimum atomic E-state index is -0.411. The molecule has 1 N–H and O–H groups in total. The molecule has 0 saturated heterocycles. The van der Waals surface area contributed by atoms with Crippen molar-refractivity contribution in [3.8, 4) is 0 Å². The number of aryl methyl sites for hydroxylation is 1. The van der Waals surface area contributed by atoms with Gasteiger partial charge in [-0.2, -0.15) is 0 Å². The fraction of sp³-hybridized carbons (Fsp3) is 0.188. The second-order valence-electron chi connectivity index (χ2n) is 5.37. The Kier molecular flexibility index (Phi) is 4.99. The second-order valence-corrected chi connectivity index (χ2v) is 5.78. The number of nitrogens with zero attached hydrogens (tertiary/aromatic N) is 5. The summed E-state index contributed by atoms with van der Waals surface area (Å²) in [5.74, 6) is -0.787. The zero-order valence-electron chi connectivity index (χ0n) is 13.3. The van der Waals surface area contributed by atoms with Crippen molar-refractivity contribution in [2.45, 2.75) is 20.0 Å². The van der Waals surface area contributed by atoms with Gasteiger partial charge in [0, 0.05) is 11.2 Å². The average molecular weight is 361 g/mol. The van der Waals surface area contributed by atoms with Crippen LogP contribution >= 0.6 is 11.6 Å². The Morgan fingerprint density at radius 1 is 1.32 bits per heavy atom. The molecule has 0 bridgehead atoms. The molecule has 0 atom stereocenters. The lowest BCUT2D eigenvalue weighted by molar-refractivity contribution is 0.0945. The monoisotopic (exact) mass is 360 g/mol. The van der Waals surface area contributed by atoms with E-state index in [1.165, 1.54) is 23.0 Å². The van der Waals surface area contributed by atoms with Gasteiger partial charge in [-0.3, -0.25) is 14.8 Å². The Morgan fingerprint density at radius 3 is 2.88 bits per heavy atom. The normalized spacial score (nSPS) is 10.7. The summed E-state index contributed by atoms with van der Waals surface area (Å²) in [7, 11) is 0. The first-order chi connectivity index (χ1) is 12.0. The van der Waals surface area contributed by atoms with E-state index in [0.717, 1.165) is 5.69 Å². The Labute approximate surface area is 147 Å². The summed E-state index contributed by atoms with van der Waals surface area (Å²) in [6, 6.07) is 4.10. The maximum Gasteiger partial charge on any atom is 0.273 e. The van der Waals surface area contributed by atoms with Gasteiger partial charge in [-0.15, -0.1) is 5.10 Å². The highest BCUT2D eigenvalue weighted by Crippen LogP contribution is 2.18. The van der Waals surface area contributed by atoms with Gasteiger partial charge in [0.15, 0.2) is 5.69 Å². The zero-order chi connectivity index (χ0) is 17.8. The maximum atomic E-state index is 13.1. The quantitative estimate of drug-likeness (QED) is 0.753. The number of amides is 1. The van der Waals surface area contributed by atoms with Gasteiger partial charge >= 0.3 is 0 Å². The van der Waals surface area contributed by atoms with E-state index in [2.05, 4.69) is 25.6 Å². The molecule has 1 amide bonds. The molecular weight excluding hydrogens is 347 g/mol. The van der Waals surface area contributed by atoms with Crippen molar-refractivity contribution < 1.29 is 9.18 Å². The minimum Gasteiger partial charge on any atom is -0.345 e. The first kappa shape index (κ1) is 17.0. The SMILES string of the molecule is Cc1cnc(CNC(=O)c2cn(Cc3ccc(F)cc3Cl)nn2)cn1. The molecule has 0 spiro atoms. The molecule has 0 unspecified atom stereocenters. The summed E-state index contributed by atoms with van der Waals surface area (Å²) < 4.78 is 14.5. The van der Waals surface area contributed by atoms with Gasteiger partial charge in [0.25, 0.3) is 5.91 Å². The molecule has 0 fully saturated rings. The van der Waals surface area contributed by atoms with Crippen LogP contribution < -0.4 is 5.32 Å². The van der Waals surface area contributed by atoms with Crippen LogP contribution in [-0.2, 0) is 13.1 Å². The molecular formula is C16H14ClFN6O. The van der Waals surface area contributed by atoms with E-state index in [-0.39, 0.29) is 24.7 Å². The van der Waals surface area contributed by atoms with Crippen molar-refractivity contribution in [2.24, 2.45) is 0 Å². The first-order valence-electron chi connectivity index (χ1n) is 7.41. The molecule has 0 saturated carbocycles. The number of benzene rings is 1. The van der Waals surface area contributed by atoms with E-state index in [1.54, 1.807) is 18.5 Å². The summed E-state index contributed by atoms with van der Waals surface area (Å²) >= 11 is 5.98. The summed E-state index contributed by atoms with van der Waals surface area (Å²) in [5, 5.41) is 10.7. The molecule has 0 aliphatic rings. The number of nitrogens with one attached hydrogen (secondary N) is 1. The predicted molar refractivity (Wildman–Crippen MR) is 88.5 cm³/mol. The van der Waals surface area contributed by atoms with E-state index in [1.807, 2.05) is 6.92 Å². The fourth-order valence-corrected chi connectivity index (χ4v) is 2.30. The van der Waals surface area contributed by atoms with Crippen molar-refractivity contribution in [1.82, 2.24) is 30.3 Å². The van der Waals surface area contributed by atoms with Crippen LogP contribution in [0.4, 0.5) is 4.39 Å². The number of rotatable bonds is 5. The predicted octanol–water partition coefficient (Wildman–Crippen LogP) is 2.15. The van der Waals surface area contributed by atoms with Crippen LogP contribution in [0.15, 0.2) is 36.8 Å². The van der Waals surface area contributed by atoms with E-state index < -0.39 is 5.82 Å². The number of aromatic nitrogens is 5. The van der Waals surface area contributed by atoms with Crippen LogP contribution in [0, 0.1) is 12.7 Å². The van der Waals surface area contributed by atoms with Crippen LogP contribution in [0.25, 0.3) is 0 Å². The number of hydrogen-bond donors (Lipinski definition) is 1. The smallest absolute Gasteiger partial charge is 0.273 e.